The zero-order chi connectivity index (χ0) is 14.9. The van der Waals surface area contributed by atoms with Crippen LogP contribution in [0.2, 0.25) is 0 Å². The summed E-state index contributed by atoms with van der Waals surface area (Å²) in [5.41, 5.74) is 1.28. The fourth-order valence-electron chi connectivity index (χ4n) is 2.81. The van der Waals surface area contributed by atoms with E-state index in [9.17, 15) is 4.79 Å². The molecule has 1 saturated heterocycles. The average Bonchev–Trinajstić information content (AvgIpc) is 2.56. The Hall–Kier alpha value is -1.55. The molecule has 1 fully saturated rings. The molecule has 1 amide bonds. The number of rotatable bonds is 8. The molecule has 1 aliphatic heterocycles. The van der Waals surface area contributed by atoms with Gasteiger partial charge in [0.15, 0.2) is 0 Å². The number of unbranched alkanes of at least 4 members (excludes halogenated alkanes) is 3. The number of nitrogens with zero attached hydrogens (tertiary/aromatic N) is 3. The van der Waals surface area contributed by atoms with E-state index in [1.165, 1.54) is 24.9 Å². The summed E-state index contributed by atoms with van der Waals surface area (Å²) < 4.78 is 0. The lowest BCUT2D eigenvalue weighted by molar-refractivity contribution is -0.135. The van der Waals surface area contributed by atoms with Crippen LogP contribution in [0.25, 0.3) is 0 Å². The summed E-state index contributed by atoms with van der Waals surface area (Å²) in [6.45, 7) is 6.85. The van der Waals surface area contributed by atoms with Crippen LogP contribution in [0.5, 0.6) is 0 Å². The molecule has 0 atom stereocenters. The Kier molecular flexibility index (Phi) is 6.54. The van der Waals surface area contributed by atoms with E-state index in [1.54, 1.807) is 0 Å². The van der Waals surface area contributed by atoms with E-state index in [0.717, 1.165) is 45.6 Å². The van der Waals surface area contributed by atoms with Crippen LogP contribution < -0.4 is 4.90 Å². The summed E-state index contributed by atoms with van der Waals surface area (Å²) in [6, 6.07) is 10.5. The minimum Gasteiger partial charge on any atom is -0.369 e. The first-order chi connectivity index (χ1) is 10.3. The van der Waals surface area contributed by atoms with Crippen molar-refractivity contribution in [2.24, 2.45) is 0 Å². The van der Waals surface area contributed by atoms with Crippen LogP contribution in [-0.2, 0) is 4.79 Å². The molecule has 0 saturated carbocycles. The third kappa shape index (κ3) is 4.74. The molecule has 0 bridgehead atoms. The number of benzene rings is 1. The quantitative estimate of drug-likeness (QED) is 0.544. The van der Waals surface area contributed by atoms with Gasteiger partial charge in [0.05, 0.1) is 0 Å². The minimum absolute atomic E-state index is 0.856. The van der Waals surface area contributed by atoms with Gasteiger partial charge in [-0.2, -0.15) is 0 Å². The Morgan fingerprint density at radius 2 is 1.76 bits per heavy atom. The number of para-hydroxylation sites is 1. The molecule has 0 spiro atoms. The number of anilines is 1. The summed E-state index contributed by atoms with van der Waals surface area (Å²) in [5.74, 6) is 0. The van der Waals surface area contributed by atoms with E-state index in [0.29, 0.717) is 0 Å². The molecule has 1 aromatic carbocycles. The van der Waals surface area contributed by atoms with Crippen molar-refractivity contribution in [3.05, 3.63) is 30.3 Å². The van der Waals surface area contributed by atoms with Crippen LogP contribution in [-0.4, -0.2) is 49.2 Å². The number of hydrazine groups is 1. The van der Waals surface area contributed by atoms with Crippen molar-refractivity contribution in [2.45, 2.75) is 32.6 Å². The van der Waals surface area contributed by atoms with E-state index in [2.05, 4.69) is 41.1 Å². The molecule has 116 valence electrons. The maximum Gasteiger partial charge on any atom is 0.224 e. The van der Waals surface area contributed by atoms with Crippen molar-refractivity contribution in [2.75, 3.05) is 37.6 Å². The Bertz CT molecular complexity index is 402. The van der Waals surface area contributed by atoms with Crippen molar-refractivity contribution in [3.8, 4) is 0 Å². The molecule has 1 aliphatic rings. The van der Waals surface area contributed by atoms with Crippen LogP contribution in [0.15, 0.2) is 30.3 Å². The monoisotopic (exact) mass is 289 g/mol. The Labute approximate surface area is 128 Å². The molecular weight excluding hydrogens is 262 g/mol. The van der Waals surface area contributed by atoms with Gasteiger partial charge in [0.2, 0.25) is 6.41 Å². The highest BCUT2D eigenvalue weighted by Crippen LogP contribution is 2.16. The third-order valence-corrected chi connectivity index (χ3v) is 4.10. The maximum atomic E-state index is 11.3. The molecule has 4 heteroatoms. The lowest BCUT2D eigenvalue weighted by Gasteiger charge is -2.40. The standard InChI is InChI=1S/C17H27N3O/c1-2-3-4-8-11-20(16-21)19-14-12-18(13-15-19)17-9-6-5-7-10-17/h5-7,9-10,16H,2-4,8,11-15H2,1H3. The molecule has 1 heterocycles. The van der Waals surface area contributed by atoms with E-state index < -0.39 is 0 Å². The summed E-state index contributed by atoms with van der Waals surface area (Å²) in [5, 5.41) is 4.07. The number of carbonyl (C=O) groups excluding carboxylic acids is 1. The van der Waals surface area contributed by atoms with Gasteiger partial charge in [-0.1, -0.05) is 44.4 Å². The fourth-order valence-corrected chi connectivity index (χ4v) is 2.81. The van der Waals surface area contributed by atoms with Crippen molar-refractivity contribution >= 4 is 12.1 Å². The molecule has 0 unspecified atom stereocenters. The molecular formula is C17H27N3O. The number of carbonyl (C=O) groups is 1. The number of hydrogen-bond acceptors (Lipinski definition) is 3. The first-order valence-corrected chi connectivity index (χ1v) is 8.12. The van der Waals surface area contributed by atoms with Crippen molar-refractivity contribution < 1.29 is 4.79 Å². The lowest BCUT2D eigenvalue weighted by Crippen LogP contribution is -2.53. The number of hydrogen-bond donors (Lipinski definition) is 0. The molecule has 0 aromatic heterocycles. The van der Waals surface area contributed by atoms with E-state index in [-0.39, 0.29) is 0 Å². The molecule has 0 N–H and O–H groups in total. The van der Waals surface area contributed by atoms with Gasteiger partial charge >= 0.3 is 0 Å². The normalized spacial score (nSPS) is 16.0. The predicted molar refractivity (Wildman–Crippen MR) is 87.1 cm³/mol. The highest BCUT2D eigenvalue weighted by atomic mass is 16.1. The van der Waals surface area contributed by atoms with E-state index in [4.69, 9.17) is 0 Å². The highest BCUT2D eigenvalue weighted by molar-refractivity contribution is 5.48. The van der Waals surface area contributed by atoms with Gasteiger partial charge in [0.1, 0.15) is 0 Å². The molecule has 1 aromatic rings. The van der Waals surface area contributed by atoms with Crippen LogP contribution in [0.3, 0.4) is 0 Å². The summed E-state index contributed by atoms with van der Waals surface area (Å²) in [6.07, 6.45) is 5.80. The molecule has 2 rings (SSSR count). The number of piperazine rings is 1. The topological polar surface area (TPSA) is 26.8 Å². The Morgan fingerprint density at radius 1 is 1.05 bits per heavy atom. The largest absolute Gasteiger partial charge is 0.369 e. The Morgan fingerprint density at radius 3 is 2.38 bits per heavy atom. The van der Waals surface area contributed by atoms with Crippen LogP contribution in [0, 0.1) is 0 Å². The second-order valence-corrected chi connectivity index (χ2v) is 5.61. The molecule has 0 radical (unpaired) electrons. The first-order valence-electron chi connectivity index (χ1n) is 8.12. The second kappa shape index (κ2) is 8.67. The van der Waals surface area contributed by atoms with Gasteiger partial charge in [-0.25, -0.2) is 5.01 Å². The van der Waals surface area contributed by atoms with E-state index >= 15 is 0 Å². The third-order valence-electron chi connectivity index (χ3n) is 4.10. The predicted octanol–water partition coefficient (Wildman–Crippen LogP) is 2.76. The smallest absolute Gasteiger partial charge is 0.224 e. The van der Waals surface area contributed by atoms with Gasteiger partial charge in [-0.05, 0) is 18.6 Å². The van der Waals surface area contributed by atoms with Crippen molar-refractivity contribution in [3.63, 3.8) is 0 Å². The Balaban J connectivity index is 1.77. The summed E-state index contributed by atoms with van der Waals surface area (Å²) in [7, 11) is 0. The van der Waals surface area contributed by atoms with Gasteiger partial charge < -0.3 is 4.90 Å². The zero-order valence-corrected chi connectivity index (χ0v) is 13.1. The van der Waals surface area contributed by atoms with E-state index in [1.807, 2.05) is 11.1 Å². The van der Waals surface area contributed by atoms with Gasteiger partial charge in [0.25, 0.3) is 0 Å². The van der Waals surface area contributed by atoms with Gasteiger partial charge in [-0.15, -0.1) is 0 Å². The molecule has 4 nitrogen and oxygen atoms in total. The van der Waals surface area contributed by atoms with Crippen LogP contribution in [0.4, 0.5) is 5.69 Å². The lowest BCUT2D eigenvalue weighted by atomic mass is 10.2. The van der Waals surface area contributed by atoms with Crippen molar-refractivity contribution in [1.29, 1.82) is 0 Å². The zero-order valence-electron chi connectivity index (χ0n) is 13.1. The SMILES string of the molecule is CCCCCCN(C=O)N1CCN(c2ccccc2)CC1. The van der Waals surface area contributed by atoms with Crippen molar-refractivity contribution in [1.82, 2.24) is 10.0 Å². The fraction of sp³-hybridized carbons (Fsp3) is 0.588. The van der Waals surface area contributed by atoms with Gasteiger partial charge in [-0.3, -0.25) is 9.80 Å². The second-order valence-electron chi connectivity index (χ2n) is 5.61. The van der Waals surface area contributed by atoms with Crippen LogP contribution >= 0.6 is 0 Å². The van der Waals surface area contributed by atoms with Crippen LogP contribution in [0.1, 0.15) is 32.6 Å². The minimum atomic E-state index is 0.856. The van der Waals surface area contributed by atoms with Gasteiger partial charge in [0, 0.05) is 38.4 Å². The molecule has 0 aliphatic carbocycles. The maximum absolute atomic E-state index is 11.3. The summed E-state index contributed by atoms with van der Waals surface area (Å²) >= 11 is 0. The number of amides is 1. The first kappa shape index (κ1) is 15.8. The summed E-state index contributed by atoms with van der Waals surface area (Å²) in [4.78, 5) is 13.7. The highest BCUT2D eigenvalue weighted by Gasteiger charge is 2.20. The average molecular weight is 289 g/mol. The molecule has 21 heavy (non-hydrogen) atoms.